The van der Waals surface area contributed by atoms with E-state index in [1.54, 1.807) is 6.08 Å². The van der Waals surface area contributed by atoms with Gasteiger partial charge in [-0.2, -0.15) is 5.26 Å². The molecule has 2 atom stereocenters. The summed E-state index contributed by atoms with van der Waals surface area (Å²) in [5.74, 6) is 0.674. The number of carbonyl (C=O) groups is 1. The third-order valence-electron chi connectivity index (χ3n) is 6.19. The van der Waals surface area contributed by atoms with Crippen molar-refractivity contribution in [1.29, 1.82) is 5.26 Å². The van der Waals surface area contributed by atoms with E-state index in [1.165, 1.54) is 0 Å². The van der Waals surface area contributed by atoms with Gasteiger partial charge in [-0.05, 0) is 35.6 Å². The molecule has 0 saturated heterocycles. The predicted octanol–water partition coefficient (Wildman–Crippen LogP) is 4.22. The summed E-state index contributed by atoms with van der Waals surface area (Å²) in [6.45, 7) is 4.07. The fourth-order valence-electron chi connectivity index (χ4n) is 4.77. The first kappa shape index (κ1) is 22.4. The Morgan fingerprint density at radius 1 is 1.15 bits per heavy atom. The zero-order valence-corrected chi connectivity index (χ0v) is 19.0. The Morgan fingerprint density at radius 3 is 2.45 bits per heavy atom. The number of rotatable bonds is 6. The summed E-state index contributed by atoms with van der Waals surface area (Å²) in [6.07, 6.45) is 2.75. The van der Waals surface area contributed by atoms with Gasteiger partial charge in [-0.1, -0.05) is 55.1 Å². The Kier molecular flexibility index (Phi) is 6.34. The molecule has 1 aliphatic carbocycles. The van der Waals surface area contributed by atoms with E-state index in [9.17, 15) is 10.1 Å². The molecule has 168 valence electrons. The average molecular weight is 441 g/mol. The molecular formula is C27H28N4O2. The lowest BCUT2D eigenvalue weighted by Crippen LogP contribution is -2.46. The van der Waals surface area contributed by atoms with Crippen molar-refractivity contribution in [3.63, 3.8) is 0 Å². The molecule has 0 radical (unpaired) electrons. The number of carbonyl (C=O) groups excluding carboxylic acids is 1. The summed E-state index contributed by atoms with van der Waals surface area (Å²) < 4.78 is 5.60. The number of hydrogen-bond donors (Lipinski definition) is 1. The van der Waals surface area contributed by atoms with Gasteiger partial charge in [0.2, 0.25) is 0 Å². The highest BCUT2D eigenvalue weighted by Crippen LogP contribution is 2.48. The van der Waals surface area contributed by atoms with Gasteiger partial charge in [0.1, 0.15) is 18.2 Å². The fourth-order valence-corrected chi connectivity index (χ4v) is 4.77. The third kappa shape index (κ3) is 4.15. The van der Waals surface area contributed by atoms with Crippen molar-refractivity contribution in [2.45, 2.75) is 24.7 Å². The molecule has 6 heteroatoms. The Hall–Kier alpha value is -3.82. The van der Waals surface area contributed by atoms with Gasteiger partial charge in [0.25, 0.3) is 0 Å². The number of allylic oxidation sites excluding steroid dienone is 3. The second kappa shape index (κ2) is 9.35. The lowest BCUT2D eigenvalue weighted by Gasteiger charge is -2.43. The molecule has 1 aliphatic heterocycles. The van der Waals surface area contributed by atoms with Crippen molar-refractivity contribution < 1.29 is 9.53 Å². The van der Waals surface area contributed by atoms with E-state index >= 15 is 0 Å². The summed E-state index contributed by atoms with van der Waals surface area (Å²) in [6, 6.07) is 19.9. The maximum absolute atomic E-state index is 13.6. The Morgan fingerprint density at radius 2 is 1.85 bits per heavy atom. The third-order valence-corrected chi connectivity index (χ3v) is 6.19. The number of ketones is 1. The normalized spacial score (nSPS) is 20.5. The maximum Gasteiger partial charge on any atom is 0.162 e. The molecule has 6 nitrogen and oxygen atoms in total. The van der Waals surface area contributed by atoms with E-state index < -0.39 is 5.92 Å². The molecule has 2 N–H and O–H groups in total. The van der Waals surface area contributed by atoms with Crippen LogP contribution in [0.5, 0.6) is 5.75 Å². The van der Waals surface area contributed by atoms with Crippen LogP contribution < -0.4 is 10.5 Å². The van der Waals surface area contributed by atoms with Crippen molar-refractivity contribution in [3.8, 4) is 11.8 Å². The molecule has 0 spiro atoms. The summed E-state index contributed by atoms with van der Waals surface area (Å²) in [5, 5.41) is 13.7. The second-order valence-electron chi connectivity index (χ2n) is 8.47. The highest BCUT2D eigenvalue weighted by atomic mass is 16.5. The van der Waals surface area contributed by atoms with Crippen molar-refractivity contribution in [1.82, 2.24) is 10.0 Å². The van der Waals surface area contributed by atoms with Crippen LogP contribution in [0.4, 0.5) is 0 Å². The van der Waals surface area contributed by atoms with Gasteiger partial charge in [-0.25, -0.2) is 5.01 Å². The molecular weight excluding hydrogens is 412 g/mol. The monoisotopic (exact) mass is 440 g/mol. The quantitative estimate of drug-likeness (QED) is 0.677. The number of nitrogens with zero attached hydrogens (tertiary/aromatic N) is 3. The van der Waals surface area contributed by atoms with Gasteiger partial charge in [0.05, 0.1) is 17.6 Å². The highest BCUT2D eigenvalue weighted by Gasteiger charge is 2.43. The molecule has 33 heavy (non-hydrogen) atoms. The Bertz CT molecular complexity index is 1160. The average Bonchev–Trinajstić information content (AvgIpc) is 2.82. The summed E-state index contributed by atoms with van der Waals surface area (Å²) >= 11 is 0. The van der Waals surface area contributed by atoms with Crippen molar-refractivity contribution >= 4 is 5.78 Å². The van der Waals surface area contributed by atoms with Crippen LogP contribution in [0.3, 0.4) is 0 Å². The SMILES string of the molecule is C=CCOc1ccc([C@@H]2C(C#N)=C(N)N(N(C)C)C3=C2C(=O)C[C@@H](c2ccccc2)C3)cc1. The smallest absolute Gasteiger partial charge is 0.162 e. The van der Waals surface area contributed by atoms with Crippen LogP contribution in [0.15, 0.2) is 89.9 Å². The lowest BCUT2D eigenvalue weighted by atomic mass is 9.72. The van der Waals surface area contributed by atoms with Crippen molar-refractivity contribution in [2.75, 3.05) is 20.7 Å². The molecule has 0 bridgehead atoms. The summed E-state index contributed by atoms with van der Waals surface area (Å²) in [4.78, 5) is 13.6. The first-order valence-corrected chi connectivity index (χ1v) is 11.0. The Balaban J connectivity index is 1.82. The van der Waals surface area contributed by atoms with Crippen LogP contribution in [0.2, 0.25) is 0 Å². The number of Topliss-reactive ketones (excluding diaryl/α,β-unsaturated/α-hetero) is 1. The first-order chi connectivity index (χ1) is 16.0. The zero-order chi connectivity index (χ0) is 23.5. The largest absolute Gasteiger partial charge is 0.490 e. The van der Waals surface area contributed by atoms with E-state index in [0.717, 1.165) is 16.8 Å². The van der Waals surface area contributed by atoms with Gasteiger partial charge >= 0.3 is 0 Å². The van der Waals surface area contributed by atoms with Gasteiger partial charge in [-0.3, -0.25) is 9.80 Å². The number of nitriles is 1. The highest BCUT2D eigenvalue weighted by molar-refractivity contribution is 6.00. The standard InChI is InChI=1S/C27H28N4O2/c1-4-14-33-21-12-10-19(11-13-21)25-22(17-28)27(29)31(30(2)3)23-15-20(16-24(32)26(23)25)18-8-6-5-7-9-18/h4-13,20,25H,1,14-16,29H2,2-3H3/t20-,25+/m0/s1. The molecule has 2 aromatic rings. The van der Waals surface area contributed by atoms with Gasteiger partial charge in [0.15, 0.2) is 5.78 Å². The maximum atomic E-state index is 13.6. The molecule has 0 amide bonds. The molecule has 2 aliphatic rings. The topological polar surface area (TPSA) is 82.6 Å². The van der Waals surface area contributed by atoms with Crippen LogP contribution in [-0.2, 0) is 4.79 Å². The molecule has 0 unspecified atom stereocenters. The minimum absolute atomic E-state index is 0.0502. The molecule has 0 saturated carbocycles. The second-order valence-corrected chi connectivity index (χ2v) is 8.47. The van der Waals surface area contributed by atoms with E-state index in [1.807, 2.05) is 66.6 Å². The van der Waals surface area contributed by atoms with Gasteiger partial charge < -0.3 is 10.5 Å². The van der Waals surface area contributed by atoms with E-state index in [0.29, 0.717) is 42.2 Å². The molecule has 4 rings (SSSR count). The first-order valence-electron chi connectivity index (χ1n) is 11.0. The number of nitrogens with two attached hydrogens (primary N) is 1. The summed E-state index contributed by atoms with van der Waals surface area (Å²) in [7, 11) is 3.74. The van der Waals surface area contributed by atoms with Gasteiger partial charge in [0, 0.05) is 31.8 Å². The van der Waals surface area contributed by atoms with E-state index in [-0.39, 0.29) is 11.7 Å². The number of ether oxygens (including phenoxy) is 1. The lowest BCUT2D eigenvalue weighted by molar-refractivity contribution is -0.117. The Labute approximate surface area is 194 Å². The minimum atomic E-state index is -0.501. The molecule has 0 fully saturated rings. The number of hydrogen-bond acceptors (Lipinski definition) is 6. The molecule has 0 aromatic heterocycles. The number of benzene rings is 2. The van der Waals surface area contributed by atoms with Crippen LogP contribution in [0, 0.1) is 11.3 Å². The molecule has 2 aromatic carbocycles. The number of hydrazine groups is 1. The van der Waals surface area contributed by atoms with Crippen molar-refractivity contribution in [2.24, 2.45) is 5.73 Å². The molecule has 1 heterocycles. The van der Waals surface area contributed by atoms with E-state index in [4.69, 9.17) is 10.5 Å². The van der Waals surface area contributed by atoms with Crippen LogP contribution in [-0.4, -0.2) is 36.5 Å². The predicted molar refractivity (Wildman–Crippen MR) is 128 cm³/mol. The fraction of sp³-hybridized carbons (Fsp3) is 0.259. The van der Waals surface area contributed by atoms with Crippen LogP contribution in [0.25, 0.3) is 0 Å². The zero-order valence-electron chi connectivity index (χ0n) is 19.0. The van der Waals surface area contributed by atoms with Crippen LogP contribution in [0.1, 0.15) is 35.8 Å². The van der Waals surface area contributed by atoms with Crippen molar-refractivity contribution in [3.05, 3.63) is 101 Å². The van der Waals surface area contributed by atoms with Gasteiger partial charge in [-0.15, -0.1) is 0 Å². The minimum Gasteiger partial charge on any atom is -0.490 e. The summed E-state index contributed by atoms with van der Waals surface area (Å²) in [5.41, 5.74) is 10.4. The van der Waals surface area contributed by atoms with Crippen LogP contribution >= 0.6 is 0 Å². The van der Waals surface area contributed by atoms with E-state index in [2.05, 4.69) is 24.8 Å².